The van der Waals surface area contributed by atoms with E-state index in [-0.39, 0.29) is 42.5 Å². The molecule has 0 bridgehead atoms. The Balaban J connectivity index is 1.40. The highest BCUT2D eigenvalue weighted by Gasteiger charge is 2.63. The minimum atomic E-state index is -5.03. The molecule has 14 nitrogen and oxygen atoms in total. The molecule has 57 heavy (non-hydrogen) atoms. The van der Waals surface area contributed by atoms with Crippen molar-refractivity contribution in [1.82, 2.24) is 24.8 Å². The van der Waals surface area contributed by atoms with Gasteiger partial charge in [0.2, 0.25) is 27.7 Å². The second-order valence-corrected chi connectivity index (χ2v) is 18.4. The standard InChI is InChI=1S/C39H50F3N5O9S/c1-6-55-27-11-12-29-25(18-27)13-16-43-33(29)56-28-19-30-32(48)44-38(35(50)45-57(53,54)37(5)14-15-37)20-26(38)10-8-7-9-22(2)17-23(3)31(34(49)46(30)21-28)47(36(51)52)24(4)39(40,41)42/h8,10-13,16,18,22-24,26,28,30-31H,6-7,9,14-15,17,19-21H2,1-5H3,(H,44,48)(H,45,50)(H,51,52)/t22-,23+,24+,26+,28+,30-,31-,38+/m0/s1. The van der Waals surface area contributed by atoms with Gasteiger partial charge in [-0.2, -0.15) is 13.2 Å². The van der Waals surface area contributed by atoms with Crippen molar-refractivity contribution >= 4 is 44.6 Å². The number of carboxylic acid groups (broad SMARTS) is 1. The van der Waals surface area contributed by atoms with E-state index in [2.05, 4.69) is 15.0 Å². The predicted octanol–water partition coefficient (Wildman–Crippen LogP) is 5.17. The number of ether oxygens (including phenoxy) is 2. The molecule has 0 spiro atoms. The van der Waals surface area contributed by atoms with E-state index < -0.39 is 86.4 Å². The molecule has 2 saturated carbocycles. The number of fused-ring (bicyclic) bond motifs is 3. The number of alkyl halides is 3. The van der Waals surface area contributed by atoms with Gasteiger partial charge in [0, 0.05) is 23.9 Å². The molecule has 0 radical (unpaired) electrons. The van der Waals surface area contributed by atoms with Crippen LogP contribution in [0.2, 0.25) is 0 Å². The number of halogens is 3. The van der Waals surface area contributed by atoms with E-state index in [1.54, 1.807) is 30.3 Å². The predicted molar refractivity (Wildman–Crippen MR) is 202 cm³/mol. The Morgan fingerprint density at radius 1 is 1.18 bits per heavy atom. The molecular weight excluding hydrogens is 772 g/mol. The van der Waals surface area contributed by atoms with Crippen LogP contribution in [-0.4, -0.2) is 106 Å². The molecule has 1 saturated heterocycles. The van der Waals surface area contributed by atoms with E-state index >= 15 is 0 Å². The summed E-state index contributed by atoms with van der Waals surface area (Å²) < 4.78 is 82.2. The normalized spacial score (nSPS) is 29.5. The Labute approximate surface area is 329 Å². The number of hydrogen-bond acceptors (Lipinski definition) is 9. The lowest BCUT2D eigenvalue weighted by Crippen LogP contribution is -2.62. The monoisotopic (exact) mass is 821 g/mol. The molecule has 18 heteroatoms. The summed E-state index contributed by atoms with van der Waals surface area (Å²) in [6.45, 7) is 7.50. The van der Waals surface area contributed by atoms with Crippen LogP contribution in [0.4, 0.5) is 18.0 Å². The van der Waals surface area contributed by atoms with Gasteiger partial charge in [0.1, 0.15) is 35.5 Å². The zero-order valence-electron chi connectivity index (χ0n) is 32.5. The number of nitrogens with one attached hydrogen (secondary N) is 2. The Bertz CT molecular complexity index is 2040. The molecule has 2 aliphatic carbocycles. The van der Waals surface area contributed by atoms with Crippen LogP contribution in [-0.2, 0) is 24.4 Å². The number of nitrogens with zero attached hydrogens (tertiary/aromatic N) is 3. The summed E-state index contributed by atoms with van der Waals surface area (Å²) in [5, 5.41) is 14.3. The number of amides is 4. The molecule has 3 fully saturated rings. The number of aromatic nitrogens is 1. The lowest BCUT2D eigenvalue weighted by molar-refractivity contribution is -0.184. The van der Waals surface area contributed by atoms with E-state index in [0.29, 0.717) is 55.7 Å². The van der Waals surface area contributed by atoms with Crippen molar-refractivity contribution in [3.8, 4) is 11.6 Å². The molecule has 1 aromatic heterocycles. The fourth-order valence-electron chi connectivity index (χ4n) is 8.09. The lowest BCUT2D eigenvalue weighted by atomic mass is 9.86. The molecule has 3 heterocycles. The van der Waals surface area contributed by atoms with E-state index in [0.717, 1.165) is 4.90 Å². The van der Waals surface area contributed by atoms with Crippen LogP contribution < -0.4 is 19.5 Å². The molecule has 6 rings (SSSR count). The first-order valence-corrected chi connectivity index (χ1v) is 20.8. The number of sulfonamides is 1. The van der Waals surface area contributed by atoms with Crippen molar-refractivity contribution < 1.29 is 55.3 Å². The lowest BCUT2D eigenvalue weighted by Gasteiger charge is -2.40. The average Bonchev–Trinajstić information content (AvgIpc) is 4.01. The fourth-order valence-corrected chi connectivity index (χ4v) is 9.40. The van der Waals surface area contributed by atoms with Crippen LogP contribution in [0.15, 0.2) is 42.6 Å². The number of hydrogen-bond donors (Lipinski definition) is 3. The van der Waals surface area contributed by atoms with Gasteiger partial charge in [0.15, 0.2) is 0 Å². The second-order valence-electron chi connectivity index (χ2n) is 16.2. The Hall–Kier alpha value is -4.61. The number of allylic oxidation sites excluding steroid dienone is 1. The minimum absolute atomic E-state index is 0.0582. The number of carbonyl (C=O) groups excluding carboxylic acids is 3. The molecular formula is C39H50F3N5O9S. The van der Waals surface area contributed by atoms with Gasteiger partial charge in [-0.1, -0.05) is 26.0 Å². The zero-order valence-corrected chi connectivity index (χ0v) is 33.4. The molecule has 312 valence electrons. The fraction of sp³-hybridized carbons (Fsp3) is 0.615. The highest BCUT2D eigenvalue weighted by atomic mass is 32.2. The summed E-state index contributed by atoms with van der Waals surface area (Å²) in [5.74, 6) is -3.78. The minimum Gasteiger partial charge on any atom is -0.494 e. The summed E-state index contributed by atoms with van der Waals surface area (Å²) in [7, 11) is -4.11. The van der Waals surface area contributed by atoms with Gasteiger partial charge < -0.3 is 24.8 Å². The second kappa shape index (κ2) is 15.6. The summed E-state index contributed by atoms with van der Waals surface area (Å²) in [4.78, 5) is 61.5. The van der Waals surface area contributed by atoms with Gasteiger partial charge in [0.05, 0.1) is 17.9 Å². The highest BCUT2D eigenvalue weighted by Crippen LogP contribution is 2.48. The van der Waals surface area contributed by atoms with Crippen molar-refractivity contribution in [2.75, 3.05) is 13.2 Å². The first kappa shape index (κ1) is 42.0. The van der Waals surface area contributed by atoms with Gasteiger partial charge >= 0.3 is 12.3 Å². The maximum absolute atomic E-state index is 14.8. The van der Waals surface area contributed by atoms with E-state index in [1.807, 2.05) is 19.9 Å². The van der Waals surface area contributed by atoms with Gasteiger partial charge in [-0.15, -0.1) is 0 Å². The van der Waals surface area contributed by atoms with Crippen LogP contribution in [0.1, 0.15) is 79.6 Å². The van der Waals surface area contributed by atoms with Crippen LogP contribution in [0.5, 0.6) is 11.6 Å². The van der Waals surface area contributed by atoms with Crippen molar-refractivity contribution in [3.63, 3.8) is 0 Å². The topological polar surface area (TPSA) is 185 Å². The van der Waals surface area contributed by atoms with Crippen LogP contribution in [0.3, 0.4) is 0 Å². The highest BCUT2D eigenvalue weighted by molar-refractivity contribution is 7.91. The van der Waals surface area contributed by atoms with Crippen LogP contribution in [0.25, 0.3) is 10.8 Å². The smallest absolute Gasteiger partial charge is 0.408 e. The summed E-state index contributed by atoms with van der Waals surface area (Å²) in [6.07, 6.45) is -1.17. The van der Waals surface area contributed by atoms with Crippen molar-refractivity contribution in [1.29, 1.82) is 0 Å². The maximum Gasteiger partial charge on any atom is 0.408 e. The number of carbonyl (C=O) groups is 4. The third-order valence-corrected chi connectivity index (χ3v) is 14.1. The average molecular weight is 822 g/mol. The molecule has 4 amide bonds. The van der Waals surface area contributed by atoms with Crippen molar-refractivity contribution in [3.05, 3.63) is 42.6 Å². The van der Waals surface area contributed by atoms with Crippen molar-refractivity contribution in [2.24, 2.45) is 17.8 Å². The van der Waals surface area contributed by atoms with Gasteiger partial charge in [-0.3, -0.25) is 24.0 Å². The molecule has 8 atom stereocenters. The molecule has 0 unspecified atom stereocenters. The molecule has 2 aliphatic heterocycles. The summed E-state index contributed by atoms with van der Waals surface area (Å²) in [5.41, 5.74) is -1.70. The first-order chi connectivity index (χ1) is 26.7. The molecule has 1 aromatic carbocycles. The zero-order chi connectivity index (χ0) is 41.7. The number of benzene rings is 1. The Kier molecular flexibility index (Phi) is 11.5. The van der Waals surface area contributed by atoms with Gasteiger partial charge in [-0.25, -0.2) is 18.2 Å². The van der Waals surface area contributed by atoms with E-state index in [4.69, 9.17) is 9.47 Å². The third-order valence-electron chi connectivity index (χ3n) is 11.9. The van der Waals surface area contributed by atoms with Crippen LogP contribution in [0, 0.1) is 17.8 Å². The Morgan fingerprint density at radius 2 is 1.89 bits per heavy atom. The third kappa shape index (κ3) is 8.51. The van der Waals surface area contributed by atoms with E-state index in [1.165, 1.54) is 20.0 Å². The van der Waals surface area contributed by atoms with Gasteiger partial charge in [-0.05, 0) is 101 Å². The molecule has 4 aliphatic rings. The molecule has 2 aromatic rings. The maximum atomic E-state index is 14.8. The largest absolute Gasteiger partial charge is 0.494 e. The molecule has 3 N–H and O–H groups in total. The summed E-state index contributed by atoms with van der Waals surface area (Å²) in [6, 6.07) is 1.08. The quantitative estimate of drug-likeness (QED) is 0.286. The SMILES string of the molecule is CCOc1ccc2c(O[C@@H]3C[C@H]4C(=O)N[C@]5(C(=O)NS(=O)(=O)C6(C)CC6)C[C@H]5C=CCC[C@H](C)C[C@@H](C)[C@H](N(C(=O)O)[C@H](C)C(F)(F)F)C(=O)N4C3)nccc2c1. The van der Waals surface area contributed by atoms with E-state index in [9.17, 15) is 45.9 Å². The number of pyridine rings is 1. The van der Waals surface area contributed by atoms with Crippen molar-refractivity contribution in [2.45, 2.75) is 120 Å². The van der Waals surface area contributed by atoms with Gasteiger partial charge in [0.25, 0.3) is 5.91 Å². The summed E-state index contributed by atoms with van der Waals surface area (Å²) >= 11 is 0. The number of rotatable bonds is 9. The van der Waals surface area contributed by atoms with Crippen LogP contribution >= 0.6 is 0 Å². The first-order valence-electron chi connectivity index (χ1n) is 19.3. The Morgan fingerprint density at radius 3 is 2.54 bits per heavy atom.